The van der Waals surface area contributed by atoms with Gasteiger partial charge in [-0.15, -0.1) is 13.2 Å². The number of halogens is 4. The monoisotopic (exact) mass is 452 g/mol. The number of aryl methyl sites for hydroxylation is 1. The first-order valence-electron chi connectivity index (χ1n) is 8.48. The standard InChI is InChI=1S/C19H12ClF3N4O2S/c1-10-3-2-4-13(20)14(10)27-9-24-16-15(17(27)28)30-18(26-16)25-11-5-7-12(8-6-11)29-19(21,22)23/h2-9H,1H3,(H,25,26). The summed E-state index contributed by atoms with van der Waals surface area (Å²) in [5.74, 6) is -0.336. The summed E-state index contributed by atoms with van der Waals surface area (Å²) in [7, 11) is 0. The van der Waals surface area contributed by atoms with Crippen LogP contribution >= 0.6 is 22.9 Å². The molecular weight excluding hydrogens is 441 g/mol. The highest BCUT2D eigenvalue weighted by molar-refractivity contribution is 7.22. The molecule has 0 aliphatic carbocycles. The summed E-state index contributed by atoms with van der Waals surface area (Å²) < 4.78 is 42.3. The predicted molar refractivity (Wildman–Crippen MR) is 109 cm³/mol. The maximum atomic E-state index is 13.0. The first-order chi connectivity index (χ1) is 14.2. The van der Waals surface area contributed by atoms with Gasteiger partial charge in [-0.05, 0) is 42.8 Å². The highest BCUT2D eigenvalue weighted by Crippen LogP contribution is 2.29. The molecule has 154 valence electrons. The molecule has 4 aromatic rings. The van der Waals surface area contributed by atoms with E-state index in [-0.39, 0.29) is 17.0 Å². The van der Waals surface area contributed by atoms with E-state index in [0.29, 0.717) is 26.2 Å². The highest BCUT2D eigenvalue weighted by Gasteiger charge is 2.31. The van der Waals surface area contributed by atoms with Crippen LogP contribution in [0.5, 0.6) is 5.75 Å². The van der Waals surface area contributed by atoms with Crippen LogP contribution in [0.15, 0.2) is 53.6 Å². The summed E-state index contributed by atoms with van der Waals surface area (Å²) in [6.07, 6.45) is -3.39. The Hall–Kier alpha value is -3.11. The van der Waals surface area contributed by atoms with Gasteiger partial charge in [-0.1, -0.05) is 35.1 Å². The van der Waals surface area contributed by atoms with Crippen LogP contribution in [0.2, 0.25) is 5.02 Å². The van der Waals surface area contributed by atoms with E-state index in [1.807, 2.05) is 13.0 Å². The van der Waals surface area contributed by atoms with Crippen molar-refractivity contribution in [1.29, 1.82) is 0 Å². The van der Waals surface area contributed by atoms with E-state index in [9.17, 15) is 18.0 Å². The molecule has 0 atom stereocenters. The number of rotatable bonds is 4. The fourth-order valence-corrected chi connectivity index (χ4v) is 4.00. The summed E-state index contributed by atoms with van der Waals surface area (Å²) in [4.78, 5) is 21.5. The van der Waals surface area contributed by atoms with Gasteiger partial charge in [0.2, 0.25) is 0 Å². The van der Waals surface area contributed by atoms with E-state index in [0.717, 1.165) is 16.9 Å². The molecule has 0 radical (unpaired) electrons. The number of alkyl halides is 3. The molecule has 4 rings (SSSR count). The summed E-state index contributed by atoms with van der Waals surface area (Å²) in [6, 6.07) is 10.5. The molecule has 0 saturated heterocycles. The van der Waals surface area contributed by atoms with Crippen molar-refractivity contribution < 1.29 is 17.9 Å². The number of fused-ring (bicyclic) bond motifs is 1. The number of hydrogen-bond acceptors (Lipinski definition) is 6. The summed E-state index contributed by atoms with van der Waals surface area (Å²) in [5, 5.41) is 3.74. The van der Waals surface area contributed by atoms with Gasteiger partial charge in [0.1, 0.15) is 16.8 Å². The van der Waals surface area contributed by atoms with Gasteiger partial charge >= 0.3 is 6.36 Å². The van der Waals surface area contributed by atoms with Crippen LogP contribution in [0.3, 0.4) is 0 Å². The third-order valence-corrected chi connectivity index (χ3v) is 5.34. The van der Waals surface area contributed by atoms with E-state index < -0.39 is 6.36 Å². The lowest BCUT2D eigenvalue weighted by molar-refractivity contribution is -0.274. The molecule has 0 aliphatic heterocycles. The Labute approximate surface area is 176 Å². The summed E-state index contributed by atoms with van der Waals surface area (Å²) in [5.41, 5.74) is 1.77. The van der Waals surface area contributed by atoms with Gasteiger partial charge in [0, 0.05) is 5.69 Å². The minimum Gasteiger partial charge on any atom is -0.406 e. The number of aromatic nitrogens is 3. The number of hydrogen-bond donors (Lipinski definition) is 1. The third kappa shape index (κ3) is 4.10. The van der Waals surface area contributed by atoms with Crippen molar-refractivity contribution in [1.82, 2.24) is 14.5 Å². The average Bonchev–Trinajstić information content (AvgIpc) is 3.07. The second-order valence-corrected chi connectivity index (χ2v) is 7.60. The molecule has 0 fully saturated rings. The Bertz CT molecular complexity index is 1270. The minimum absolute atomic E-state index is 0.255. The van der Waals surface area contributed by atoms with Crippen molar-refractivity contribution in [2.24, 2.45) is 0 Å². The number of para-hydroxylation sites is 1. The van der Waals surface area contributed by atoms with Crippen LogP contribution in [0.4, 0.5) is 24.0 Å². The molecule has 2 aromatic heterocycles. The fraction of sp³-hybridized carbons (Fsp3) is 0.105. The van der Waals surface area contributed by atoms with Crippen LogP contribution in [0.25, 0.3) is 16.0 Å². The van der Waals surface area contributed by atoms with E-state index in [1.54, 1.807) is 12.1 Å². The molecule has 2 aromatic carbocycles. The van der Waals surface area contributed by atoms with E-state index >= 15 is 0 Å². The van der Waals surface area contributed by atoms with Crippen molar-refractivity contribution in [3.63, 3.8) is 0 Å². The maximum Gasteiger partial charge on any atom is 0.573 e. The van der Waals surface area contributed by atoms with Gasteiger partial charge in [0.25, 0.3) is 5.56 Å². The van der Waals surface area contributed by atoms with Crippen molar-refractivity contribution in [2.45, 2.75) is 13.3 Å². The molecule has 11 heteroatoms. The second-order valence-electron chi connectivity index (χ2n) is 6.19. The molecule has 0 spiro atoms. The lowest BCUT2D eigenvalue weighted by atomic mass is 10.2. The number of thiazole rings is 1. The lowest BCUT2D eigenvalue weighted by Crippen LogP contribution is -2.19. The van der Waals surface area contributed by atoms with E-state index in [2.05, 4.69) is 20.0 Å². The molecule has 0 aliphatic rings. The molecule has 30 heavy (non-hydrogen) atoms. The number of nitrogens with zero attached hydrogens (tertiary/aromatic N) is 3. The van der Waals surface area contributed by atoms with Crippen molar-refractivity contribution in [2.75, 3.05) is 5.32 Å². The molecule has 0 bridgehead atoms. The summed E-state index contributed by atoms with van der Waals surface area (Å²) in [6.45, 7) is 1.84. The van der Waals surface area contributed by atoms with Gasteiger partial charge in [0.05, 0.1) is 10.7 Å². The Morgan fingerprint density at radius 1 is 1.17 bits per heavy atom. The fourth-order valence-electron chi connectivity index (χ4n) is 2.82. The highest BCUT2D eigenvalue weighted by atomic mass is 35.5. The Balaban J connectivity index is 1.65. The van der Waals surface area contributed by atoms with Crippen LogP contribution < -0.4 is 15.6 Å². The number of benzene rings is 2. The number of ether oxygens (including phenoxy) is 1. The second kappa shape index (κ2) is 7.62. The molecule has 6 nitrogen and oxygen atoms in total. The minimum atomic E-state index is -4.76. The number of anilines is 2. The predicted octanol–water partition coefficient (Wildman–Crippen LogP) is 5.45. The Morgan fingerprint density at radius 3 is 2.57 bits per heavy atom. The average molecular weight is 453 g/mol. The number of nitrogens with one attached hydrogen (secondary N) is 1. The van der Waals surface area contributed by atoms with Crippen LogP contribution in [-0.4, -0.2) is 20.9 Å². The molecular formula is C19H12ClF3N4O2S. The van der Waals surface area contributed by atoms with Crippen molar-refractivity contribution >= 4 is 44.1 Å². The van der Waals surface area contributed by atoms with Crippen LogP contribution in [0, 0.1) is 6.92 Å². The summed E-state index contributed by atoms with van der Waals surface area (Å²) >= 11 is 7.34. The molecule has 1 N–H and O–H groups in total. The largest absolute Gasteiger partial charge is 0.573 e. The van der Waals surface area contributed by atoms with Gasteiger partial charge < -0.3 is 10.1 Å². The van der Waals surface area contributed by atoms with Gasteiger partial charge in [-0.2, -0.15) is 4.98 Å². The zero-order valence-electron chi connectivity index (χ0n) is 15.2. The lowest BCUT2D eigenvalue weighted by Gasteiger charge is -2.10. The van der Waals surface area contributed by atoms with Crippen LogP contribution in [-0.2, 0) is 0 Å². The van der Waals surface area contributed by atoms with Crippen molar-refractivity contribution in [3.05, 3.63) is 69.7 Å². The van der Waals surface area contributed by atoms with E-state index in [4.69, 9.17) is 11.6 Å². The van der Waals surface area contributed by atoms with Gasteiger partial charge in [-0.25, -0.2) is 4.98 Å². The third-order valence-electron chi connectivity index (χ3n) is 4.09. The van der Waals surface area contributed by atoms with E-state index in [1.165, 1.54) is 35.2 Å². The van der Waals surface area contributed by atoms with Crippen molar-refractivity contribution in [3.8, 4) is 11.4 Å². The first-order valence-corrected chi connectivity index (χ1v) is 9.67. The first kappa shape index (κ1) is 20.2. The quantitative estimate of drug-likeness (QED) is 0.446. The zero-order valence-corrected chi connectivity index (χ0v) is 16.8. The van der Waals surface area contributed by atoms with Gasteiger partial charge in [-0.3, -0.25) is 9.36 Å². The zero-order chi connectivity index (χ0) is 21.5. The molecule has 2 heterocycles. The SMILES string of the molecule is Cc1cccc(Cl)c1-n1cnc2nc(Nc3ccc(OC(F)(F)F)cc3)sc2c1=O. The molecule has 0 unspecified atom stereocenters. The van der Waals surface area contributed by atoms with Crippen LogP contribution in [0.1, 0.15) is 5.56 Å². The smallest absolute Gasteiger partial charge is 0.406 e. The molecule has 0 amide bonds. The topological polar surface area (TPSA) is 69.0 Å². The Morgan fingerprint density at radius 2 is 1.90 bits per heavy atom. The Kier molecular flexibility index (Phi) is 5.12. The van der Waals surface area contributed by atoms with Gasteiger partial charge in [0.15, 0.2) is 10.8 Å². The normalized spacial score (nSPS) is 11.6. The molecule has 0 saturated carbocycles. The maximum absolute atomic E-state index is 13.0.